The summed E-state index contributed by atoms with van der Waals surface area (Å²) in [6, 6.07) is 12.6. The molecular formula is C24H26F3NO3. The summed E-state index contributed by atoms with van der Waals surface area (Å²) in [6.07, 6.45) is 2.34. The molecule has 3 rings (SSSR count). The lowest BCUT2D eigenvalue weighted by atomic mass is 10.1. The van der Waals surface area contributed by atoms with Crippen LogP contribution >= 0.6 is 0 Å². The van der Waals surface area contributed by atoms with Crippen LogP contribution in [0.4, 0.5) is 18.9 Å². The number of nitrogens with zero attached hydrogens (tertiary/aromatic N) is 1. The minimum absolute atomic E-state index is 0.143. The molecule has 0 N–H and O–H groups in total. The molecule has 2 aromatic rings. The number of halogens is 3. The SMILES string of the molecule is COc1ccc(/C=C/C(=O)c2ccc(N3CCCCC3)cc2)cc1COCC(F)(F)F. The van der Waals surface area contributed by atoms with Crippen LogP contribution in [0.25, 0.3) is 6.08 Å². The molecule has 31 heavy (non-hydrogen) atoms. The maximum atomic E-state index is 12.5. The molecule has 7 heteroatoms. The van der Waals surface area contributed by atoms with Crippen molar-refractivity contribution in [2.24, 2.45) is 0 Å². The smallest absolute Gasteiger partial charge is 0.411 e. The Morgan fingerprint density at radius 1 is 1.06 bits per heavy atom. The first-order valence-corrected chi connectivity index (χ1v) is 10.2. The van der Waals surface area contributed by atoms with E-state index in [0.29, 0.717) is 22.4 Å². The van der Waals surface area contributed by atoms with Gasteiger partial charge >= 0.3 is 6.18 Å². The van der Waals surface area contributed by atoms with E-state index < -0.39 is 12.8 Å². The van der Waals surface area contributed by atoms with Crippen molar-refractivity contribution in [3.63, 3.8) is 0 Å². The average Bonchev–Trinajstić information content (AvgIpc) is 2.77. The monoisotopic (exact) mass is 433 g/mol. The molecule has 1 fully saturated rings. The molecule has 0 amide bonds. The molecule has 0 spiro atoms. The van der Waals surface area contributed by atoms with Gasteiger partial charge in [-0.15, -0.1) is 0 Å². The van der Waals surface area contributed by atoms with Gasteiger partial charge in [-0.25, -0.2) is 0 Å². The number of carbonyl (C=O) groups is 1. The van der Waals surface area contributed by atoms with E-state index in [9.17, 15) is 18.0 Å². The van der Waals surface area contributed by atoms with Crippen LogP contribution in [0.1, 0.15) is 40.7 Å². The fraction of sp³-hybridized carbons (Fsp3) is 0.375. The van der Waals surface area contributed by atoms with Crippen LogP contribution in [0.3, 0.4) is 0 Å². The summed E-state index contributed by atoms with van der Waals surface area (Å²) in [7, 11) is 1.44. The molecule has 166 valence electrons. The molecule has 0 unspecified atom stereocenters. The number of methoxy groups -OCH3 is 1. The number of piperidine rings is 1. The number of rotatable bonds is 8. The van der Waals surface area contributed by atoms with Crippen molar-refractivity contribution in [1.82, 2.24) is 0 Å². The van der Waals surface area contributed by atoms with Crippen LogP contribution in [0, 0.1) is 0 Å². The predicted molar refractivity (Wildman–Crippen MR) is 115 cm³/mol. The van der Waals surface area contributed by atoms with E-state index >= 15 is 0 Å². The summed E-state index contributed by atoms with van der Waals surface area (Å²) in [6.45, 7) is 0.512. The zero-order valence-electron chi connectivity index (χ0n) is 17.5. The molecule has 1 saturated heterocycles. The second-order valence-corrected chi connectivity index (χ2v) is 7.47. The highest BCUT2D eigenvalue weighted by atomic mass is 19.4. The van der Waals surface area contributed by atoms with Gasteiger partial charge in [0, 0.05) is 29.9 Å². The number of ether oxygens (including phenoxy) is 2. The van der Waals surface area contributed by atoms with E-state index in [0.717, 1.165) is 18.8 Å². The summed E-state index contributed by atoms with van der Waals surface area (Å²) in [5.74, 6) is 0.287. The van der Waals surface area contributed by atoms with E-state index in [2.05, 4.69) is 4.90 Å². The van der Waals surface area contributed by atoms with E-state index in [1.165, 1.54) is 32.4 Å². The highest BCUT2D eigenvalue weighted by molar-refractivity contribution is 6.07. The molecular weight excluding hydrogens is 407 g/mol. The molecule has 0 aromatic heterocycles. The Morgan fingerprint density at radius 2 is 1.77 bits per heavy atom. The minimum atomic E-state index is -4.39. The van der Waals surface area contributed by atoms with E-state index in [1.54, 1.807) is 24.3 Å². The lowest BCUT2D eigenvalue weighted by molar-refractivity contribution is -0.176. The Labute approximate surface area is 180 Å². The zero-order valence-corrected chi connectivity index (χ0v) is 17.5. The van der Waals surface area contributed by atoms with Gasteiger partial charge in [0.05, 0.1) is 13.7 Å². The quantitative estimate of drug-likeness (QED) is 0.398. The molecule has 0 saturated carbocycles. The summed E-state index contributed by atoms with van der Waals surface area (Å²) < 4.78 is 46.9. The maximum Gasteiger partial charge on any atom is 0.411 e. The largest absolute Gasteiger partial charge is 0.496 e. The van der Waals surface area contributed by atoms with Crippen LogP contribution in [-0.2, 0) is 11.3 Å². The first-order valence-electron chi connectivity index (χ1n) is 10.2. The van der Waals surface area contributed by atoms with Crippen LogP contribution < -0.4 is 9.64 Å². The first kappa shape index (κ1) is 22.9. The van der Waals surface area contributed by atoms with Crippen molar-refractivity contribution >= 4 is 17.5 Å². The molecule has 4 nitrogen and oxygen atoms in total. The number of hydrogen-bond acceptors (Lipinski definition) is 4. The molecule has 0 atom stereocenters. The Kier molecular flexibility index (Phi) is 7.74. The fourth-order valence-corrected chi connectivity index (χ4v) is 3.55. The molecule has 0 bridgehead atoms. The second kappa shape index (κ2) is 10.5. The summed E-state index contributed by atoms with van der Waals surface area (Å²) in [5, 5.41) is 0. The number of anilines is 1. The van der Waals surface area contributed by atoms with Gasteiger partial charge in [-0.3, -0.25) is 4.79 Å². The Bertz CT molecular complexity index is 901. The van der Waals surface area contributed by atoms with Gasteiger partial charge in [0.2, 0.25) is 0 Å². The van der Waals surface area contributed by atoms with Gasteiger partial charge in [0.25, 0.3) is 0 Å². The second-order valence-electron chi connectivity index (χ2n) is 7.47. The number of carbonyl (C=O) groups excluding carboxylic acids is 1. The third-order valence-corrected chi connectivity index (χ3v) is 5.13. The molecule has 0 radical (unpaired) electrons. The number of benzene rings is 2. The van der Waals surface area contributed by atoms with E-state index in [4.69, 9.17) is 9.47 Å². The van der Waals surface area contributed by atoms with Crippen molar-refractivity contribution in [3.05, 3.63) is 65.2 Å². The highest BCUT2D eigenvalue weighted by Gasteiger charge is 2.27. The van der Waals surface area contributed by atoms with Crippen LogP contribution in [0.15, 0.2) is 48.5 Å². The zero-order chi connectivity index (χ0) is 22.3. The van der Waals surface area contributed by atoms with Crippen molar-refractivity contribution in [1.29, 1.82) is 0 Å². The summed E-state index contributed by atoms with van der Waals surface area (Å²) >= 11 is 0. The Morgan fingerprint density at radius 3 is 2.42 bits per heavy atom. The summed E-state index contributed by atoms with van der Waals surface area (Å²) in [5.41, 5.74) is 2.86. The molecule has 1 aliphatic rings. The number of ketones is 1. The summed E-state index contributed by atoms with van der Waals surface area (Å²) in [4.78, 5) is 14.8. The van der Waals surface area contributed by atoms with E-state index in [-0.39, 0.29) is 12.4 Å². The minimum Gasteiger partial charge on any atom is -0.496 e. The van der Waals surface area contributed by atoms with Crippen molar-refractivity contribution in [2.45, 2.75) is 32.0 Å². The van der Waals surface area contributed by atoms with Gasteiger partial charge in [0.15, 0.2) is 5.78 Å². The normalized spacial score (nSPS) is 14.8. The first-order chi connectivity index (χ1) is 14.9. The number of allylic oxidation sites excluding steroid dienone is 1. The average molecular weight is 433 g/mol. The lowest BCUT2D eigenvalue weighted by Crippen LogP contribution is -2.29. The third kappa shape index (κ3) is 6.85. The Balaban J connectivity index is 1.64. The van der Waals surface area contributed by atoms with Crippen molar-refractivity contribution < 1.29 is 27.4 Å². The van der Waals surface area contributed by atoms with E-state index in [1.807, 2.05) is 24.3 Å². The standard InChI is InChI=1S/C24H26F3NO3/c1-30-23-12-6-18(15-20(23)16-31-17-24(25,26)27)5-11-22(29)19-7-9-21(10-8-19)28-13-3-2-4-14-28/h5-12,15H,2-4,13-14,16-17H2,1H3/b11-5+. The molecule has 1 aliphatic heterocycles. The van der Waals surface area contributed by atoms with Crippen LogP contribution in [0.5, 0.6) is 5.75 Å². The van der Waals surface area contributed by atoms with Gasteiger partial charge < -0.3 is 14.4 Å². The Hall–Kier alpha value is -2.80. The molecule has 1 heterocycles. The van der Waals surface area contributed by atoms with Crippen molar-refractivity contribution in [2.75, 3.05) is 31.7 Å². The number of alkyl halides is 3. The van der Waals surface area contributed by atoms with Crippen LogP contribution in [0.2, 0.25) is 0 Å². The van der Waals surface area contributed by atoms with Gasteiger partial charge in [0.1, 0.15) is 12.4 Å². The predicted octanol–water partition coefficient (Wildman–Crippen LogP) is 5.66. The van der Waals surface area contributed by atoms with Gasteiger partial charge in [-0.2, -0.15) is 13.2 Å². The topological polar surface area (TPSA) is 38.8 Å². The molecule has 0 aliphatic carbocycles. The van der Waals surface area contributed by atoms with Crippen molar-refractivity contribution in [3.8, 4) is 5.75 Å². The third-order valence-electron chi connectivity index (χ3n) is 5.13. The van der Waals surface area contributed by atoms with Crippen LogP contribution in [-0.4, -0.2) is 38.8 Å². The maximum absolute atomic E-state index is 12.5. The number of hydrogen-bond donors (Lipinski definition) is 0. The fourth-order valence-electron chi connectivity index (χ4n) is 3.55. The van der Waals surface area contributed by atoms with Gasteiger partial charge in [-0.05, 0) is 67.3 Å². The van der Waals surface area contributed by atoms with Gasteiger partial charge in [-0.1, -0.05) is 12.1 Å². The molecule has 2 aromatic carbocycles. The highest BCUT2D eigenvalue weighted by Crippen LogP contribution is 2.24. The lowest BCUT2D eigenvalue weighted by Gasteiger charge is -2.28.